The van der Waals surface area contributed by atoms with Crippen LogP contribution in [0, 0.1) is 0 Å². The van der Waals surface area contributed by atoms with Crippen LogP contribution in [-0.2, 0) is 11.3 Å². The molecule has 0 aromatic carbocycles. The fourth-order valence-corrected chi connectivity index (χ4v) is 1.62. The normalized spacial score (nSPS) is 12.5. The van der Waals surface area contributed by atoms with E-state index < -0.39 is 0 Å². The third-order valence-corrected chi connectivity index (χ3v) is 2.36. The molecule has 0 amide bonds. The van der Waals surface area contributed by atoms with E-state index in [0.29, 0.717) is 30.1 Å². The van der Waals surface area contributed by atoms with Crippen molar-refractivity contribution in [2.45, 2.75) is 46.3 Å². The molecule has 1 atom stereocenters. The molecule has 1 aromatic heterocycles. The Hall–Kier alpha value is -0.870. The first-order valence-corrected chi connectivity index (χ1v) is 6.31. The molecule has 5 heteroatoms. The zero-order valence-corrected chi connectivity index (χ0v) is 11.3. The smallest absolute Gasteiger partial charge is 0.218 e. The van der Waals surface area contributed by atoms with Crippen molar-refractivity contribution < 1.29 is 9.47 Å². The van der Waals surface area contributed by atoms with Crippen molar-refractivity contribution in [3.8, 4) is 5.88 Å². The molecule has 0 saturated heterocycles. The first-order valence-electron chi connectivity index (χ1n) is 5.93. The Morgan fingerprint density at radius 1 is 1.35 bits per heavy atom. The summed E-state index contributed by atoms with van der Waals surface area (Å²) in [6.07, 6.45) is 2.19. The molecular formula is C12H19ClN2O2. The van der Waals surface area contributed by atoms with E-state index in [4.69, 9.17) is 21.1 Å². The molecule has 0 N–H and O–H groups in total. The second kappa shape index (κ2) is 7.45. The zero-order chi connectivity index (χ0) is 12.7. The lowest BCUT2D eigenvalue weighted by molar-refractivity contribution is 0.126. The van der Waals surface area contributed by atoms with Gasteiger partial charge in [-0.3, -0.25) is 0 Å². The van der Waals surface area contributed by atoms with E-state index in [1.54, 1.807) is 6.07 Å². The van der Waals surface area contributed by atoms with Gasteiger partial charge in [-0.25, -0.2) is 4.98 Å². The maximum Gasteiger partial charge on any atom is 0.218 e. The van der Waals surface area contributed by atoms with E-state index in [9.17, 15) is 0 Å². The molecule has 0 aliphatic rings. The van der Waals surface area contributed by atoms with Gasteiger partial charge < -0.3 is 9.47 Å². The van der Waals surface area contributed by atoms with Crippen LogP contribution in [0.25, 0.3) is 0 Å². The van der Waals surface area contributed by atoms with Gasteiger partial charge >= 0.3 is 0 Å². The summed E-state index contributed by atoms with van der Waals surface area (Å²) in [5, 5.41) is 0.383. The number of rotatable bonds is 7. The largest absolute Gasteiger partial charge is 0.475 e. The highest BCUT2D eigenvalue weighted by Crippen LogP contribution is 2.16. The highest BCUT2D eigenvalue weighted by Gasteiger charge is 2.08. The number of aromatic nitrogens is 2. The summed E-state index contributed by atoms with van der Waals surface area (Å²) in [7, 11) is 0. The maximum absolute atomic E-state index is 5.90. The lowest BCUT2D eigenvalue weighted by Crippen LogP contribution is -2.13. The number of nitrogens with zero attached hydrogens (tertiary/aromatic N) is 2. The molecule has 1 rings (SSSR count). The third kappa shape index (κ3) is 5.33. The van der Waals surface area contributed by atoms with Crippen molar-refractivity contribution in [2.75, 3.05) is 6.61 Å². The van der Waals surface area contributed by atoms with Crippen molar-refractivity contribution in [3.63, 3.8) is 0 Å². The third-order valence-electron chi connectivity index (χ3n) is 2.17. The van der Waals surface area contributed by atoms with Crippen LogP contribution in [0.15, 0.2) is 6.07 Å². The van der Waals surface area contributed by atoms with E-state index in [-0.39, 0.29) is 6.10 Å². The van der Waals surface area contributed by atoms with Crippen LogP contribution in [0.1, 0.15) is 39.4 Å². The van der Waals surface area contributed by atoms with Crippen molar-refractivity contribution in [3.05, 3.63) is 17.0 Å². The van der Waals surface area contributed by atoms with Gasteiger partial charge in [0.2, 0.25) is 5.88 Å². The van der Waals surface area contributed by atoms with Gasteiger partial charge in [0.15, 0.2) is 5.82 Å². The lowest BCUT2D eigenvalue weighted by Gasteiger charge is -2.13. The topological polar surface area (TPSA) is 44.2 Å². The first-order chi connectivity index (χ1) is 8.15. The maximum atomic E-state index is 5.90. The molecule has 0 saturated carbocycles. The average Bonchev–Trinajstić information content (AvgIpc) is 2.25. The van der Waals surface area contributed by atoms with Crippen LogP contribution in [0.5, 0.6) is 5.88 Å². The molecule has 1 heterocycles. The Kier molecular flexibility index (Phi) is 6.22. The molecule has 0 bridgehead atoms. The van der Waals surface area contributed by atoms with E-state index in [2.05, 4.69) is 16.9 Å². The summed E-state index contributed by atoms with van der Waals surface area (Å²) < 4.78 is 10.9. The predicted molar refractivity (Wildman–Crippen MR) is 67.4 cm³/mol. The van der Waals surface area contributed by atoms with Gasteiger partial charge in [0.1, 0.15) is 11.8 Å². The Morgan fingerprint density at radius 3 is 2.76 bits per heavy atom. The van der Waals surface area contributed by atoms with Crippen LogP contribution in [-0.4, -0.2) is 22.7 Å². The standard InChI is InChI=1S/C12H19ClN2O2/c1-4-6-9(3)17-12-7-10(13)14-11(15-12)8-16-5-2/h7,9H,4-6,8H2,1-3H3. The molecule has 17 heavy (non-hydrogen) atoms. The average molecular weight is 259 g/mol. The minimum Gasteiger partial charge on any atom is -0.475 e. The number of ether oxygens (including phenoxy) is 2. The summed E-state index contributed by atoms with van der Waals surface area (Å²) in [5.41, 5.74) is 0. The summed E-state index contributed by atoms with van der Waals surface area (Å²) >= 11 is 5.90. The molecule has 0 radical (unpaired) electrons. The zero-order valence-electron chi connectivity index (χ0n) is 10.6. The molecular weight excluding hydrogens is 240 g/mol. The molecule has 0 aliphatic heterocycles. The second-order valence-corrected chi connectivity index (χ2v) is 4.19. The Balaban J connectivity index is 2.67. The molecule has 1 unspecified atom stereocenters. The van der Waals surface area contributed by atoms with Gasteiger partial charge in [-0.15, -0.1) is 0 Å². The first kappa shape index (κ1) is 14.2. The second-order valence-electron chi connectivity index (χ2n) is 3.80. The number of hydrogen-bond acceptors (Lipinski definition) is 4. The van der Waals surface area contributed by atoms with Crippen molar-refractivity contribution >= 4 is 11.6 Å². The van der Waals surface area contributed by atoms with Gasteiger partial charge in [0, 0.05) is 12.7 Å². The van der Waals surface area contributed by atoms with Crippen LogP contribution in [0.2, 0.25) is 5.15 Å². The quantitative estimate of drug-likeness (QED) is 0.705. The van der Waals surface area contributed by atoms with Crippen molar-refractivity contribution in [1.82, 2.24) is 9.97 Å². The van der Waals surface area contributed by atoms with Crippen LogP contribution in [0.4, 0.5) is 0 Å². The summed E-state index contributed by atoms with van der Waals surface area (Å²) in [4.78, 5) is 8.32. The molecule has 4 nitrogen and oxygen atoms in total. The van der Waals surface area contributed by atoms with E-state index >= 15 is 0 Å². The van der Waals surface area contributed by atoms with Gasteiger partial charge in [0.05, 0.1) is 6.10 Å². The molecule has 96 valence electrons. The van der Waals surface area contributed by atoms with Crippen molar-refractivity contribution in [2.24, 2.45) is 0 Å². The SMILES string of the molecule is CCCC(C)Oc1cc(Cl)nc(COCC)n1. The Bertz CT molecular complexity index is 347. The monoisotopic (exact) mass is 258 g/mol. The van der Waals surface area contributed by atoms with Crippen LogP contribution >= 0.6 is 11.6 Å². The fourth-order valence-electron chi connectivity index (χ4n) is 1.43. The van der Waals surface area contributed by atoms with Gasteiger partial charge in [-0.2, -0.15) is 4.98 Å². The lowest BCUT2D eigenvalue weighted by atomic mass is 10.2. The predicted octanol–water partition coefficient (Wildman–Crippen LogP) is 3.23. The van der Waals surface area contributed by atoms with E-state index in [1.165, 1.54) is 0 Å². The van der Waals surface area contributed by atoms with Gasteiger partial charge in [-0.1, -0.05) is 24.9 Å². The van der Waals surface area contributed by atoms with Gasteiger partial charge in [-0.05, 0) is 20.3 Å². The van der Waals surface area contributed by atoms with Crippen LogP contribution < -0.4 is 4.74 Å². The highest BCUT2D eigenvalue weighted by molar-refractivity contribution is 6.29. The summed E-state index contributed by atoms with van der Waals surface area (Å²) in [5.74, 6) is 1.07. The van der Waals surface area contributed by atoms with E-state index in [0.717, 1.165) is 12.8 Å². The summed E-state index contributed by atoms with van der Waals surface area (Å²) in [6, 6.07) is 1.63. The van der Waals surface area contributed by atoms with Gasteiger partial charge in [0.25, 0.3) is 0 Å². The van der Waals surface area contributed by atoms with Crippen LogP contribution in [0.3, 0.4) is 0 Å². The summed E-state index contributed by atoms with van der Waals surface area (Å²) in [6.45, 7) is 7.04. The molecule has 0 fully saturated rings. The molecule has 0 spiro atoms. The van der Waals surface area contributed by atoms with E-state index in [1.807, 2.05) is 13.8 Å². The number of hydrogen-bond donors (Lipinski definition) is 0. The fraction of sp³-hybridized carbons (Fsp3) is 0.667. The number of halogens is 1. The minimum atomic E-state index is 0.130. The minimum absolute atomic E-state index is 0.130. The Morgan fingerprint density at radius 2 is 2.12 bits per heavy atom. The molecule has 0 aliphatic carbocycles. The van der Waals surface area contributed by atoms with Crippen molar-refractivity contribution in [1.29, 1.82) is 0 Å². The Labute approximate surface area is 107 Å². The molecule has 1 aromatic rings. The highest BCUT2D eigenvalue weighted by atomic mass is 35.5.